The van der Waals surface area contributed by atoms with Crippen molar-refractivity contribution in [3.05, 3.63) is 50.7 Å². The Morgan fingerprint density at radius 2 is 2.16 bits per heavy atom. The first-order valence-corrected chi connectivity index (χ1v) is 9.33. The lowest BCUT2D eigenvalue weighted by molar-refractivity contribution is 0.0737. The van der Waals surface area contributed by atoms with Crippen LogP contribution in [-0.2, 0) is 0 Å². The Labute approximate surface area is 155 Å². The summed E-state index contributed by atoms with van der Waals surface area (Å²) < 4.78 is 5.41. The minimum atomic E-state index is -0.439. The van der Waals surface area contributed by atoms with Crippen LogP contribution in [0.3, 0.4) is 0 Å². The SMILES string of the molecule is CCOc1ccc(C(=O)N2CCC[C@@H]2c2ccc(C(N)=O)s2)cc1Cl. The highest BCUT2D eigenvalue weighted by Crippen LogP contribution is 2.37. The normalized spacial score (nSPS) is 16.9. The van der Waals surface area contributed by atoms with Gasteiger partial charge in [-0.25, -0.2) is 0 Å². The lowest BCUT2D eigenvalue weighted by atomic mass is 10.1. The van der Waals surface area contributed by atoms with Gasteiger partial charge in [0.1, 0.15) is 5.75 Å². The summed E-state index contributed by atoms with van der Waals surface area (Å²) in [5.74, 6) is 0.0648. The number of likely N-dealkylation sites (tertiary alicyclic amines) is 1. The maximum Gasteiger partial charge on any atom is 0.258 e. The molecule has 1 atom stereocenters. The molecular weight excluding hydrogens is 360 g/mol. The molecule has 1 aromatic carbocycles. The standard InChI is InChI=1S/C18H19ClN2O3S/c1-2-24-14-6-5-11(10-12(14)19)18(23)21-9-3-4-13(21)15-7-8-16(25-15)17(20)22/h5-8,10,13H,2-4,9H2,1H3,(H2,20,22)/t13-/m1/s1. The molecule has 0 bridgehead atoms. The lowest BCUT2D eigenvalue weighted by Gasteiger charge is -2.24. The molecule has 3 rings (SSSR count). The number of halogens is 1. The summed E-state index contributed by atoms with van der Waals surface area (Å²) in [6, 6.07) is 8.67. The zero-order chi connectivity index (χ0) is 18.0. The molecule has 7 heteroatoms. The van der Waals surface area contributed by atoms with Gasteiger partial charge in [-0.2, -0.15) is 0 Å². The van der Waals surface area contributed by atoms with Gasteiger partial charge in [0, 0.05) is 17.0 Å². The molecule has 0 unspecified atom stereocenters. The van der Waals surface area contributed by atoms with Crippen LogP contribution >= 0.6 is 22.9 Å². The number of carbonyl (C=O) groups excluding carboxylic acids is 2. The monoisotopic (exact) mass is 378 g/mol. The van der Waals surface area contributed by atoms with Crippen molar-refractivity contribution < 1.29 is 14.3 Å². The fraction of sp³-hybridized carbons (Fsp3) is 0.333. The first-order valence-electron chi connectivity index (χ1n) is 8.14. The van der Waals surface area contributed by atoms with E-state index >= 15 is 0 Å². The van der Waals surface area contributed by atoms with E-state index in [0.717, 1.165) is 17.7 Å². The predicted octanol–water partition coefficient (Wildman–Crippen LogP) is 3.88. The van der Waals surface area contributed by atoms with Crippen molar-refractivity contribution >= 4 is 34.8 Å². The van der Waals surface area contributed by atoms with Crippen LogP contribution in [-0.4, -0.2) is 29.9 Å². The summed E-state index contributed by atoms with van der Waals surface area (Å²) in [5, 5.41) is 0.426. The first kappa shape index (κ1) is 17.8. The Hall–Kier alpha value is -2.05. The van der Waals surface area contributed by atoms with E-state index in [1.807, 2.05) is 17.9 Å². The summed E-state index contributed by atoms with van der Waals surface area (Å²) in [5.41, 5.74) is 5.87. The van der Waals surface area contributed by atoms with E-state index in [4.69, 9.17) is 22.1 Å². The van der Waals surface area contributed by atoms with E-state index < -0.39 is 5.91 Å². The van der Waals surface area contributed by atoms with Gasteiger partial charge in [-0.15, -0.1) is 11.3 Å². The Morgan fingerprint density at radius 3 is 2.80 bits per heavy atom. The van der Waals surface area contributed by atoms with Crippen LogP contribution in [0, 0.1) is 0 Å². The van der Waals surface area contributed by atoms with Crippen molar-refractivity contribution in [3.63, 3.8) is 0 Å². The molecule has 25 heavy (non-hydrogen) atoms. The molecule has 132 valence electrons. The van der Waals surface area contributed by atoms with Crippen LogP contribution < -0.4 is 10.5 Å². The first-order chi connectivity index (χ1) is 12.0. The van der Waals surface area contributed by atoms with Crippen molar-refractivity contribution in [1.82, 2.24) is 4.90 Å². The number of thiophene rings is 1. The number of ether oxygens (including phenoxy) is 1. The molecule has 1 aromatic heterocycles. The summed E-state index contributed by atoms with van der Waals surface area (Å²) in [7, 11) is 0. The molecule has 0 spiro atoms. The number of primary amides is 1. The van der Waals surface area contributed by atoms with E-state index in [-0.39, 0.29) is 11.9 Å². The van der Waals surface area contributed by atoms with Crippen LogP contribution in [0.2, 0.25) is 5.02 Å². The second-order valence-corrected chi connectivity index (χ2v) is 7.32. The maximum atomic E-state index is 12.9. The third-order valence-corrected chi connectivity index (χ3v) is 5.69. The number of nitrogens with zero attached hydrogens (tertiary/aromatic N) is 1. The van der Waals surface area contributed by atoms with Crippen LogP contribution in [0.5, 0.6) is 5.75 Å². The number of carbonyl (C=O) groups is 2. The molecule has 2 aromatic rings. The Kier molecular flexibility index (Phi) is 5.30. The van der Waals surface area contributed by atoms with Gasteiger partial charge in [0.05, 0.1) is 22.5 Å². The second-order valence-electron chi connectivity index (χ2n) is 5.80. The highest BCUT2D eigenvalue weighted by molar-refractivity contribution is 7.14. The number of hydrogen-bond donors (Lipinski definition) is 1. The van der Waals surface area contributed by atoms with Crippen LogP contribution in [0.25, 0.3) is 0 Å². The Morgan fingerprint density at radius 1 is 1.36 bits per heavy atom. The summed E-state index contributed by atoms with van der Waals surface area (Å²) >= 11 is 7.56. The molecule has 0 aliphatic carbocycles. The van der Waals surface area contributed by atoms with Crippen LogP contribution in [0.4, 0.5) is 0 Å². The smallest absolute Gasteiger partial charge is 0.258 e. The minimum absolute atomic E-state index is 0.0315. The third kappa shape index (κ3) is 3.65. The molecule has 1 aliphatic heterocycles. The number of benzene rings is 1. The minimum Gasteiger partial charge on any atom is -0.492 e. The highest BCUT2D eigenvalue weighted by atomic mass is 35.5. The average Bonchev–Trinajstić information content (AvgIpc) is 3.25. The largest absolute Gasteiger partial charge is 0.492 e. The number of rotatable bonds is 5. The zero-order valence-corrected chi connectivity index (χ0v) is 15.4. The molecule has 1 saturated heterocycles. The second kappa shape index (κ2) is 7.45. The highest BCUT2D eigenvalue weighted by Gasteiger charge is 2.32. The van der Waals surface area contributed by atoms with Gasteiger partial charge < -0.3 is 15.4 Å². The Balaban J connectivity index is 1.83. The molecule has 1 aliphatic rings. The molecule has 0 radical (unpaired) electrons. The van der Waals surface area contributed by atoms with Crippen molar-refractivity contribution in [2.24, 2.45) is 5.73 Å². The zero-order valence-electron chi connectivity index (χ0n) is 13.8. The van der Waals surface area contributed by atoms with Crippen LogP contribution in [0.15, 0.2) is 30.3 Å². The summed E-state index contributed by atoms with van der Waals surface area (Å²) in [6.45, 7) is 3.07. The summed E-state index contributed by atoms with van der Waals surface area (Å²) in [6.07, 6.45) is 1.79. The van der Waals surface area contributed by atoms with Gasteiger partial charge in [-0.3, -0.25) is 9.59 Å². The Bertz CT molecular complexity index is 805. The third-order valence-electron chi connectivity index (χ3n) is 4.19. The molecule has 1 fully saturated rings. The van der Waals surface area contributed by atoms with Gasteiger partial charge >= 0.3 is 0 Å². The maximum absolute atomic E-state index is 12.9. The van der Waals surface area contributed by atoms with E-state index in [0.29, 0.717) is 34.4 Å². The van der Waals surface area contributed by atoms with Crippen molar-refractivity contribution in [3.8, 4) is 5.75 Å². The molecule has 2 heterocycles. The summed E-state index contributed by atoms with van der Waals surface area (Å²) in [4.78, 5) is 27.6. The van der Waals surface area contributed by atoms with Gasteiger partial charge in [0.15, 0.2) is 0 Å². The molecule has 2 amide bonds. The molecule has 5 nitrogen and oxygen atoms in total. The number of hydrogen-bond acceptors (Lipinski definition) is 4. The van der Waals surface area contributed by atoms with Crippen molar-refractivity contribution in [1.29, 1.82) is 0 Å². The molecule has 2 N–H and O–H groups in total. The van der Waals surface area contributed by atoms with Gasteiger partial charge in [0.25, 0.3) is 11.8 Å². The quantitative estimate of drug-likeness (QED) is 0.858. The average molecular weight is 379 g/mol. The fourth-order valence-corrected chi connectivity index (χ4v) is 4.29. The van der Waals surface area contributed by atoms with E-state index in [2.05, 4.69) is 0 Å². The number of nitrogens with two attached hydrogens (primary N) is 1. The fourth-order valence-electron chi connectivity index (χ4n) is 3.04. The van der Waals surface area contributed by atoms with E-state index in [1.54, 1.807) is 24.3 Å². The predicted molar refractivity (Wildman–Crippen MR) is 98.5 cm³/mol. The van der Waals surface area contributed by atoms with Crippen molar-refractivity contribution in [2.45, 2.75) is 25.8 Å². The van der Waals surface area contributed by atoms with Crippen LogP contribution in [0.1, 0.15) is 50.7 Å². The van der Waals surface area contributed by atoms with Gasteiger partial charge in [-0.05, 0) is 50.1 Å². The van der Waals surface area contributed by atoms with E-state index in [9.17, 15) is 9.59 Å². The number of amides is 2. The lowest BCUT2D eigenvalue weighted by Crippen LogP contribution is -2.30. The molecular formula is C18H19ClN2O3S. The molecule has 0 saturated carbocycles. The van der Waals surface area contributed by atoms with E-state index in [1.165, 1.54) is 11.3 Å². The van der Waals surface area contributed by atoms with Gasteiger partial charge in [-0.1, -0.05) is 11.6 Å². The topological polar surface area (TPSA) is 72.6 Å². The van der Waals surface area contributed by atoms with Crippen molar-refractivity contribution in [2.75, 3.05) is 13.2 Å². The van der Waals surface area contributed by atoms with Gasteiger partial charge in [0.2, 0.25) is 0 Å².